The van der Waals surface area contributed by atoms with Crippen LogP contribution in [0, 0.1) is 0 Å². The molecule has 3 aromatic rings. The largest absolute Gasteiger partial charge is 0.508 e. The van der Waals surface area contributed by atoms with Gasteiger partial charge in [-0.2, -0.15) is 0 Å². The molecule has 88 valence electrons. The highest BCUT2D eigenvalue weighted by atomic mass is 16.3. The second-order valence-electron chi connectivity index (χ2n) is 4.09. The first-order valence-electron chi connectivity index (χ1n) is 5.67. The van der Waals surface area contributed by atoms with E-state index in [1.165, 1.54) is 0 Å². The Kier molecular flexibility index (Phi) is 2.38. The minimum Gasteiger partial charge on any atom is -0.508 e. The van der Waals surface area contributed by atoms with Gasteiger partial charge in [-0.25, -0.2) is 4.98 Å². The highest BCUT2D eigenvalue weighted by molar-refractivity contribution is 5.80. The molecule has 0 amide bonds. The van der Waals surface area contributed by atoms with E-state index in [-0.39, 0.29) is 5.75 Å². The van der Waals surface area contributed by atoms with Crippen LogP contribution >= 0.6 is 0 Å². The standard InChI is InChI=1S/C15H12N2O/c1-2-11-6-7-15-14(8-11)16-10-17(15)12-4-3-5-13(18)9-12/h2-10,18H,1H2. The fourth-order valence-corrected chi connectivity index (χ4v) is 2.01. The number of benzene rings is 2. The summed E-state index contributed by atoms with van der Waals surface area (Å²) in [5.41, 5.74) is 3.86. The van der Waals surface area contributed by atoms with Crippen molar-refractivity contribution in [3.63, 3.8) is 0 Å². The van der Waals surface area contributed by atoms with Gasteiger partial charge in [0.1, 0.15) is 12.1 Å². The van der Waals surface area contributed by atoms with E-state index < -0.39 is 0 Å². The quantitative estimate of drug-likeness (QED) is 0.740. The Hall–Kier alpha value is -2.55. The summed E-state index contributed by atoms with van der Waals surface area (Å²) in [5.74, 6) is 0.247. The number of fused-ring (bicyclic) bond motifs is 1. The summed E-state index contributed by atoms with van der Waals surface area (Å²) in [7, 11) is 0. The molecule has 3 rings (SSSR count). The number of aromatic hydroxyl groups is 1. The third kappa shape index (κ3) is 1.66. The monoisotopic (exact) mass is 236 g/mol. The van der Waals surface area contributed by atoms with Crippen LogP contribution < -0.4 is 0 Å². The summed E-state index contributed by atoms with van der Waals surface area (Å²) in [6.45, 7) is 3.75. The first-order valence-corrected chi connectivity index (χ1v) is 5.67. The van der Waals surface area contributed by atoms with Gasteiger partial charge in [0.25, 0.3) is 0 Å². The van der Waals surface area contributed by atoms with Gasteiger partial charge in [-0.15, -0.1) is 0 Å². The van der Waals surface area contributed by atoms with Crippen molar-refractivity contribution in [1.82, 2.24) is 9.55 Å². The molecular formula is C15H12N2O. The smallest absolute Gasteiger partial charge is 0.117 e. The van der Waals surface area contributed by atoms with Gasteiger partial charge in [0.2, 0.25) is 0 Å². The van der Waals surface area contributed by atoms with Crippen molar-refractivity contribution in [1.29, 1.82) is 0 Å². The maximum absolute atomic E-state index is 9.52. The first-order chi connectivity index (χ1) is 8.78. The lowest BCUT2D eigenvalue weighted by Crippen LogP contribution is -1.91. The molecule has 1 heterocycles. The van der Waals surface area contributed by atoms with Gasteiger partial charge in [-0.3, -0.25) is 4.57 Å². The Morgan fingerprint density at radius 1 is 1.17 bits per heavy atom. The van der Waals surface area contributed by atoms with E-state index in [1.54, 1.807) is 24.5 Å². The van der Waals surface area contributed by atoms with Gasteiger partial charge in [0.15, 0.2) is 0 Å². The second-order valence-corrected chi connectivity index (χ2v) is 4.09. The normalized spacial score (nSPS) is 10.7. The molecule has 3 heteroatoms. The van der Waals surface area contributed by atoms with Crippen molar-refractivity contribution in [3.05, 3.63) is 60.9 Å². The Morgan fingerprint density at radius 2 is 2.06 bits per heavy atom. The number of imidazole rings is 1. The maximum atomic E-state index is 9.52. The Labute approximate surface area is 105 Å². The zero-order valence-electron chi connectivity index (χ0n) is 9.74. The number of phenols is 1. The predicted octanol–water partition coefficient (Wildman–Crippen LogP) is 3.37. The molecule has 2 aromatic carbocycles. The van der Waals surface area contributed by atoms with Crippen molar-refractivity contribution in [3.8, 4) is 11.4 Å². The third-order valence-corrected chi connectivity index (χ3v) is 2.91. The van der Waals surface area contributed by atoms with E-state index in [0.717, 1.165) is 22.3 Å². The summed E-state index contributed by atoms with van der Waals surface area (Å²) in [4.78, 5) is 4.37. The summed E-state index contributed by atoms with van der Waals surface area (Å²) in [5, 5.41) is 9.52. The van der Waals surface area contributed by atoms with Crippen LogP contribution in [0.2, 0.25) is 0 Å². The molecule has 18 heavy (non-hydrogen) atoms. The van der Waals surface area contributed by atoms with Crippen LogP contribution in [0.5, 0.6) is 5.75 Å². The number of hydrogen-bond acceptors (Lipinski definition) is 2. The van der Waals surface area contributed by atoms with E-state index >= 15 is 0 Å². The van der Waals surface area contributed by atoms with Crippen molar-refractivity contribution in [2.75, 3.05) is 0 Å². The van der Waals surface area contributed by atoms with E-state index in [0.29, 0.717) is 0 Å². The van der Waals surface area contributed by atoms with Crippen molar-refractivity contribution in [2.45, 2.75) is 0 Å². The third-order valence-electron chi connectivity index (χ3n) is 2.91. The fraction of sp³-hybridized carbons (Fsp3) is 0. The molecule has 0 aliphatic heterocycles. The van der Waals surface area contributed by atoms with Crippen LogP contribution in [-0.2, 0) is 0 Å². The van der Waals surface area contributed by atoms with Gasteiger partial charge in [0, 0.05) is 6.07 Å². The van der Waals surface area contributed by atoms with Gasteiger partial charge in [-0.1, -0.05) is 24.8 Å². The summed E-state index contributed by atoms with van der Waals surface area (Å²) < 4.78 is 1.95. The van der Waals surface area contributed by atoms with Gasteiger partial charge in [-0.05, 0) is 29.8 Å². The van der Waals surface area contributed by atoms with E-state index in [2.05, 4.69) is 11.6 Å². The second kappa shape index (κ2) is 4.04. The molecule has 0 saturated carbocycles. The van der Waals surface area contributed by atoms with Crippen molar-refractivity contribution in [2.24, 2.45) is 0 Å². The molecule has 0 saturated heterocycles. The lowest BCUT2D eigenvalue weighted by molar-refractivity contribution is 0.475. The molecule has 1 aromatic heterocycles. The molecule has 0 aliphatic rings. The SMILES string of the molecule is C=Cc1ccc2c(c1)ncn2-c1cccc(O)c1. The topological polar surface area (TPSA) is 38.0 Å². The number of aromatic nitrogens is 2. The van der Waals surface area contributed by atoms with Gasteiger partial charge < -0.3 is 5.11 Å². The van der Waals surface area contributed by atoms with Crippen LogP contribution in [0.1, 0.15) is 5.56 Å². The fourth-order valence-electron chi connectivity index (χ4n) is 2.01. The van der Waals surface area contributed by atoms with Crippen molar-refractivity contribution >= 4 is 17.1 Å². The van der Waals surface area contributed by atoms with Crippen LogP contribution in [0.15, 0.2) is 55.4 Å². The Balaban J connectivity index is 2.21. The first kappa shape index (κ1) is 10.6. The lowest BCUT2D eigenvalue weighted by Gasteiger charge is -2.04. The molecule has 0 radical (unpaired) electrons. The average Bonchev–Trinajstić information content (AvgIpc) is 2.81. The summed E-state index contributed by atoms with van der Waals surface area (Å²) >= 11 is 0. The maximum Gasteiger partial charge on any atom is 0.117 e. The molecule has 0 unspecified atom stereocenters. The summed E-state index contributed by atoms with van der Waals surface area (Å²) in [6.07, 6.45) is 3.55. The molecule has 3 nitrogen and oxygen atoms in total. The highest BCUT2D eigenvalue weighted by Gasteiger charge is 2.05. The lowest BCUT2D eigenvalue weighted by atomic mass is 10.2. The van der Waals surface area contributed by atoms with Gasteiger partial charge >= 0.3 is 0 Å². The highest BCUT2D eigenvalue weighted by Crippen LogP contribution is 2.22. The summed E-state index contributed by atoms with van der Waals surface area (Å²) in [6, 6.07) is 13.1. The minimum atomic E-state index is 0.247. The van der Waals surface area contributed by atoms with E-state index in [4.69, 9.17) is 0 Å². The number of nitrogens with zero attached hydrogens (tertiary/aromatic N) is 2. The number of phenolic OH excluding ortho intramolecular Hbond substituents is 1. The number of hydrogen-bond donors (Lipinski definition) is 1. The van der Waals surface area contributed by atoms with Crippen LogP contribution in [0.4, 0.5) is 0 Å². The molecule has 0 fully saturated rings. The molecule has 0 spiro atoms. The van der Waals surface area contributed by atoms with Crippen molar-refractivity contribution < 1.29 is 5.11 Å². The van der Waals surface area contributed by atoms with Crippen LogP contribution in [-0.4, -0.2) is 14.7 Å². The molecule has 0 aliphatic carbocycles. The number of rotatable bonds is 2. The van der Waals surface area contributed by atoms with Gasteiger partial charge in [0.05, 0.1) is 16.7 Å². The molecular weight excluding hydrogens is 224 g/mol. The minimum absolute atomic E-state index is 0.247. The Bertz CT molecular complexity index is 728. The van der Waals surface area contributed by atoms with E-state index in [1.807, 2.05) is 34.9 Å². The molecule has 0 atom stereocenters. The van der Waals surface area contributed by atoms with Crippen LogP contribution in [0.25, 0.3) is 22.8 Å². The van der Waals surface area contributed by atoms with E-state index in [9.17, 15) is 5.11 Å². The molecule has 1 N–H and O–H groups in total. The zero-order valence-corrected chi connectivity index (χ0v) is 9.74. The van der Waals surface area contributed by atoms with Crippen LogP contribution in [0.3, 0.4) is 0 Å². The molecule has 0 bridgehead atoms. The predicted molar refractivity (Wildman–Crippen MR) is 72.8 cm³/mol. The zero-order chi connectivity index (χ0) is 12.5. The average molecular weight is 236 g/mol. The Morgan fingerprint density at radius 3 is 2.83 bits per heavy atom.